The lowest BCUT2D eigenvalue weighted by Crippen LogP contribution is -1.98. The molecule has 3 aromatic heterocycles. The van der Waals surface area contributed by atoms with Crippen molar-refractivity contribution in [1.82, 2.24) is 15.0 Å². The van der Waals surface area contributed by atoms with Crippen LogP contribution in [0.1, 0.15) is 5.56 Å². The number of nitrogens with zero attached hydrogens (tertiary/aromatic N) is 3. The van der Waals surface area contributed by atoms with Crippen molar-refractivity contribution < 1.29 is 0 Å². The van der Waals surface area contributed by atoms with Gasteiger partial charge in [-0.1, -0.05) is 12.1 Å². The number of aryl methyl sites for hydroxylation is 1. The Bertz CT molecular complexity index is 759. The summed E-state index contributed by atoms with van der Waals surface area (Å²) < 4.78 is 1.15. The molecule has 5 heteroatoms. The first-order valence-corrected chi connectivity index (χ1v) is 7.58. The molecule has 0 aliphatic rings. The van der Waals surface area contributed by atoms with Gasteiger partial charge in [-0.2, -0.15) is 0 Å². The van der Waals surface area contributed by atoms with Crippen molar-refractivity contribution in [3.05, 3.63) is 64.0 Å². The fourth-order valence-corrected chi connectivity index (χ4v) is 2.20. The molecule has 3 heterocycles. The van der Waals surface area contributed by atoms with Crippen LogP contribution >= 0.6 is 22.6 Å². The summed E-state index contributed by atoms with van der Waals surface area (Å²) in [6.45, 7) is 2.06. The molecule has 0 aliphatic heterocycles. The van der Waals surface area contributed by atoms with Crippen LogP contribution in [0.2, 0.25) is 0 Å². The molecule has 1 N–H and O–H groups in total. The molecular formula is C16H13IN4. The maximum absolute atomic E-state index is 4.57. The highest BCUT2D eigenvalue weighted by molar-refractivity contribution is 14.1. The molecular weight excluding hydrogens is 375 g/mol. The number of nitrogens with one attached hydrogen (secondary N) is 1. The second-order valence-electron chi connectivity index (χ2n) is 4.57. The fourth-order valence-electron chi connectivity index (χ4n) is 1.90. The number of aromatic nitrogens is 3. The Balaban J connectivity index is 1.88. The van der Waals surface area contributed by atoms with Crippen molar-refractivity contribution >= 4 is 34.2 Å². The van der Waals surface area contributed by atoms with Gasteiger partial charge in [0.1, 0.15) is 11.6 Å². The molecule has 0 unspecified atom stereocenters. The van der Waals surface area contributed by atoms with Gasteiger partial charge in [-0.15, -0.1) is 0 Å². The second-order valence-corrected chi connectivity index (χ2v) is 5.73. The smallest absolute Gasteiger partial charge is 0.132 e. The summed E-state index contributed by atoms with van der Waals surface area (Å²) in [5, 5.41) is 3.23. The van der Waals surface area contributed by atoms with E-state index in [9.17, 15) is 0 Å². The van der Waals surface area contributed by atoms with E-state index in [2.05, 4.69) is 49.8 Å². The lowest BCUT2D eigenvalue weighted by Gasteiger charge is -2.08. The zero-order chi connectivity index (χ0) is 14.7. The fraction of sp³-hybridized carbons (Fsp3) is 0.0625. The molecule has 0 amide bonds. The summed E-state index contributed by atoms with van der Waals surface area (Å²) >= 11 is 2.27. The SMILES string of the molecule is Cc1cc(Nc2cccc(-c3ccccn3)n2)ncc1I. The number of hydrogen-bond donors (Lipinski definition) is 1. The van der Waals surface area contributed by atoms with Crippen molar-refractivity contribution in [2.75, 3.05) is 5.32 Å². The first-order chi connectivity index (χ1) is 10.2. The van der Waals surface area contributed by atoms with E-state index in [4.69, 9.17) is 0 Å². The molecule has 0 atom stereocenters. The molecule has 3 aromatic rings. The Morgan fingerprint density at radius 1 is 0.952 bits per heavy atom. The normalized spacial score (nSPS) is 10.4. The lowest BCUT2D eigenvalue weighted by molar-refractivity contribution is 1.21. The molecule has 21 heavy (non-hydrogen) atoms. The van der Waals surface area contributed by atoms with E-state index in [1.807, 2.05) is 48.7 Å². The second kappa shape index (κ2) is 6.17. The molecule has 104 valence electrons. The Kier molecular flexibility index (Phi) is 4.10. The molecule has 3 rings (SSSR count). The predicted octanol–water partition coefficient (Wildman–Crippen LogP) is 4.20. The summed E-state index contributed by atoms with van der Waals surface area (Å²) in [4.78, 5) is 13.3. The molecule has 4 nitrogen and oxygen atoms in total. The first-order valence-electron chi connectivity index (χ1n) is 6.50. The van der Waals surface area contributed by atoms with Crippen molar-refractivity contribution in [1.29, 1.82) is 0 Å². The maximum Gasteiger partial charge on any atom is 0.132 e. The molecule has 0 saturated carbocycles. The van der Waals surface area contributed by atoms with Crippen LogP contribution in [0.3, 0.4) is 0 Å². The number of anilines is 2. The van der Waals surface area contributed by atoms with Gasteiger partial charge in [0.15, 0.2) is 0 Å². The first kappa shape index (κ1) is 13.9. The lowest BCUT2D eigenvalue weighted by atomic mass is 10.2. The Hall–Kier alpha value is -2.02. The van der Waals surface area contributed by atoms with Gasteiger partial charge < -0.3 is 5.32 Å². The van der Waals surface area contributed by atoms with E-state index in [-0.39, 0.29) is 0 Å². The van der Waals surface area contributed by atoms with Crippen LogP contribution in [0.5, 0.6) is 0 Å². The minimum atomic E-state index is 0.756. The predicted molar refractivity (Wildman–Crippen MR) is 92.4 cm³/mol. The average Bonchev–Trinajstić information content (AvgIpc) is 2.52. The van der Waals surface area contributed by atoms with Crippen LogP contribution in [0.15, 0.2) is 54.9 Å². The third kappa shape index (κ3) is 3.36. The zero-order valence-corrected chi connectivity index (χ0v) is 13.6. The van der Waals surface area contributed by atoms with Gasteiger partial charge >= 0.3 is 0 Å². The summed E-state index contributed by atoms with van der Waals surface area (Å²) in [5.41, 5.74) is 2.88. The van der Waals surface area contributed by atoms with Crippen molar-refractivity contribution in [3.8, 4) is 11.4 Å². The molecule has 0 bridgehead atoms. The number of pyridine rings is 3. The van der Waals surface area contributed by atoms with Gasteiger partial charge in [0.05, 0.1) is 11.4 Å². The van der Waals surface area contributed by atoms with E-state index >= 15 is 0 Å². The number of hydrogen-bond acceptors (Lipinski definition) is 4. The van der Waals surface area contributed by atoms with E-state index in [1.54, 1.807) is 6.20 Å². The average molecular weight is 388 g/mol. The van der Waals surface area contributed by atoms with Gasteiger partial charge in [0.25, 0.3) is 0 Å². The summed E-state index contributed by atoms with van der Waals surface area (Å²) in [5.74, 6) is 1.55. The maximum atomic E-state index is 4.57. The van der Waals surface area contributed by atoms with Crippen molar-refractivity contribution in [2.24, 2.45) is 0 Å². The Morgan fingerprint density at radius 2 is 1.81 bits per heavy atom. The van der Waals surface area contributed by atoms with Gasteiger partial charge in [0, 0.05) is 16.0 Å². The molecule has 0 saturated heterocycles. The van der Waals surface area contributed by atoms with E-state index < -0.39 is 0 Å². The highest BCUT2D eigenvalue weighted by atomic mass is 127. The van der Waals surface area contributed by atoms with Crippen LogP contribution < -0.4 is 5.32 Å². The van der Waals surface area contributed by atoms with Gasteiger partial charge in [-0.25, -0.2) is 9.97 Å². The zero-order valence-electron chi connectivity index (χ0n) is 11.4. The summed E-state index contributed by atoms with van der Waals surface area (Å²) in [6, 6.07) is 13.6. The highest BCUT2D eigenvalue weighted by Crippen LogP contribution is 2.20. The van der Waals surface area contributed by atoms with Crippen LogP contribution in [0, 0.1) is 10.5 Å². The van der Waals surface area contributed by atoms with Crippen LogP contribution in [-0.4, -0.2) is 15.0 Å². The van der Waals surface area contributed by atoms with Gasteiger partial charge in [-0.05, 0) is 65.4 Å². The Morgan fingerprint density at radius 3 is 2.57 bits per heavy atom. The number of rotatable bonds is 3. The topological polar surface area (TPSA) is 50.7 Å². The van der Waals surface area contributed by atoms with Crippen molar-refractivity contribution in [2.45, 2.75) is 6.92 Å². The molecule has 0 radical (unpaired) electrons. The third-order valence-corrected chi connectivity index (χ3v) is 4.11. The largest absolute Gasteiger partial charge is 0.325 e. The standard InChI is InChI=1S/C16H13IN4/c1-11-9-16(19-10-12(11)17)21-15-7-4-6-14(20-15)13-5-2-3-8-18-13/h2-10H,1H3,(H,19,20,21). The van der Waals surface area contributed by atoms with Crippen LogP contribution in [0.4, 0.5) is 11.6 Å². The molecule has 0 aliphatic carbocycles. The van der Waals surface area contributed by atoms with Crippen LogP contribution in [0.25, 0.3) is 11.4 Å². The van der Waals surface area contributed by atoms with E-state index in [0.29, 0.717) is 0 Å². The molecule has 0 aromatic carbocycles. The van der Waals surface area contributed by atoms with E-state index in [0.717, 1.165) is 26.6 Å². The highest BCUT2D eigenvalue weighted by Gasteiger charge is 2.04. The van der Waals surface area contributed by atoms with E-state index in [1.165, 1.54) is 5.56 Å². The summed E-state index contributed by atoms with van der Waals surface area (Å²) in [6.07, 6.45) is 3.61. The Labute approximate surface area is 136 Å². The minimum absolute atomic E-state index is 0.756. The third-order valence-electron chi connectivity index (χ3n) is 2.98. The molecule has 0 spiro atoms. The van der Waals surface area contributed by atoms with Gasteiger partial charge in [0.2, 0.25) is 0 Å². The summed E-state index contributed by atoms with van der Waals surface area (Å²) in [7, 11) is 0. The van der Waals surface area contributed by atoms with Crippen molar-refractivity contribution in [3.63, 3.8) is 0 Å². The number of halogens is 1. The van der Waals surface area contributed by atoms with Crippen LogP contribution in [-0.2, 0) is 0 Å². The minimum Gasteiger partial charge on any atom is -0.325 e. The quantitative estimate of drug-likeness (QED) is 0.684. The molecule has 0 fully saturated rings. The van der Waals surface area contributed by atoms with Gasteiger partial charge in [-0.3, -0.25) is 4.98 Å². The monoisotopic (exact) mass is 388 g/mol.